The zero-order chi connectivity index (χ0) is 10.7. The quantitative estimate of drug-likeness (QED) is 0.628. The first-order chi connectivity index (χ1) is 7.29. The molecule has 2 fully saturated rings. The summed E-state index contributed by atoms with van der Waals surface area (Å²) in [6, 6.07) is 0. The summed E-state index contributed by atoms with van der Waals surface area (Å²) in [4.78, 5) is 0. The molecular formula is C14H25F. The highest BCUT2D eigenvalue weighted by molar-refractivity contribution is 4.80. The van der Waals surface area contributed by atoms with Crippen LogP contribution in [0.15, 0.2) is 0 Å². The number of hydrogen-bond donors (Lipinski definition) is 0. The Morgan fingerprint density at radius 1 is 0.800 bits per heavy atom. The van der Waals surface area contributed by atoms with Crippen LogP contribution in [0.1, 0.15) is 58.3 Å². The standard InChI is InChI=1S/C14H25F/c1-11-2-6-13(7-3-11)14-8-4-12(10-15)5-9-14/h11-14H,2-10H2,1H3. The molecule has 0 radical (unpaired) electrons. The molecular weight excluding hydrogens is 187 g/mol. The van der Waals surface area contributed by atoms with Crippen molar-refractivity contribution in [2.75, 3.05) is 6.67 Å². The second kappa shape index (κ2) is 5.32. The van der Waals surface area contributed by atoms with E-state index in [-0.39, 0.29) is 6.67 Å². The normalized spacial score (nSPS) is 42.8. The van der Waals surface area contributed by atoms with E-state index in [2.05, 4.69) is 6.92 Å². The van der Waals surface area contributed by atoms with Crippen LogP contribution in [-0.2, 0) is 0 Å². The van der Waals surface area contributed by atoms with Crippen LogP contribution in [0, 0.1) is 23.7 Å². The van der Waals surface area contributed by atoms with E-state index in [1.165, 1.54) is 38.5 Å². The van der Waals surface area contributed by atoms with Crippen molar-refractivity contribution in [1.82, 2.24) is 0 Å². The fourth-order valence-electron chi connectivity index (χ4n) is 3.57. The lowest BCUT2D eigenvalue weighted by Crippen LogP contribution is -2.25. The molecule has 0 amide bonds. The molecule has 0 nitrogen and oxygen atoms in total. The minimum Gasteiger partial charge on any atom is -0.251 e. The van der Waals surface area contributed by atoms with E-state index in [9.17, 15) is 4.39 Å². The third-order valence-corrected chi connectivity index (χ3v) is 4.84. The third-order valence-electron chi connectivity index (χ3n) is 4.84. The molecule has 0 aliphatic heterocycles. The minimum atomic E-state index is -0.0750. The first kappa shape index (κ1) is 11.4. The van der Waals surface area contributed by atoms with Gasteiger partial charge in [0, 0.05) is 0 Å². The highest BCUT2D eigenvalue weighted by Crippen LogP contribution is 2.41. The highest BCUT2D eigenvalue weighted by Gasteiger charge is 2.29. The summed E-state index contributed by atoms with van der Waals surface area (Å²) < 4.78 is 12.5. The van der Waals surface area contributed by atoms with Gasteiger partial charge in [0.05, 0.1) is 6.67 Å². The van der Waals surface area contributed by atoms with E-state index in [1.54, 1.807) is 0 Å². The Morgan fingerprint density at radius 3 is 1.73 bits per heavy atom. The van der Waals surface area contributed by atoms with E-state index in [0.29, 0.717) is 5.92 Å². The first-order valence-electron chi connectivity index (χ1n) is 6.85. The third kappa shape index (κ3) is 2.95. The zero-order valence-electron chi connectivity index (χ0n) is 10.1. The summed E-state index contributed by atoms with van der Waals surface area (Å²) in [5.41, 5.74) is 0. The van der Waals surface area contributed by atoms with Crippen molar-refractivity contribution in [1.29, 1.82) is 0 Å². The maximum atomic E-state index is 12.5. The summed E-state index contributed by atoms with van der Waals surface area (Å²) >= 11 is 0. The Balaban J connectivity index is 1.75. The van der Waals surface area contributed by atoms with E-state index < -0.39 is 0 Å². The van der Waals surface area contributed by atoms with Gasteiger partial charge in [-0.25, -0.2) is 0 Å². The summed E-state index contributed by atoms with van der Waals surface area (Å²) in [6.45, 7) is 2.31. The predicted octanol–water partition coefficient (Wildman–Crippen LogP) is 4.59. The smallest absolute Gasteiger partial charge is 0.0922 e. The molecule has 0 spiro atoms. The van der Waals surface area contributed by atoms with Gasteiger partial charge in [0.1, 0.15) is 0 Å². The maximum absolute atomic E-state index is 12.5. The van der Waals surface area contributed by atoms with Crippen LogP contribution in [0.3, 0.4) is 0 Å². The highest BCUT2D eigenvalue weighted by atomic mass is 19.1. The number of rotatable bonds is 2. The van der Waals surface area contributed by atoms with Gasteiger partial charge in [-0.2, -0.15) is 0 Å². The first-order valence-corrected chi connectivity index (χ1v) is 6.85. The van der Waals surface area contributed by atoms with Crippen molar-refractivity contribution in [2.24, 2.45) is 23.7 Å². The van der Waals surface area contributed by atoms with Gasteiger partial charge in [-0.3, -0.25) is 4.39 Å². The molecule has 0 saturated heterocycles. The van der Waals surface area contributed by atoms with E-state index in [1.807, 2.05) is 0 Å². The average molecular weight is 212 g/mol. The molecule has 2 aliphatic carbocycles. The molecule has 0 aromatic heterocycles. The average Bonchev–Trinajstić information content (AvgIpc) is 2.30. The molecule has 0 atom stereocenters. The molecule has 2 aliphatic rings. The predicted molar refractivity (Wildman–Crippen MR) is 62.5 cm³/mol. The van der Waals surface area contributed by atoms with Crippen molar-refractivity contribution in [3.05, 3.63) is 0 Å². The topological polar surface area (TPSA) is 0 Å². The molecule has 0 heterocycles. The Morgan fingerprint density at radius 2 is 1.27 bits per heavy atom. The molecule has 2 rings (SSSR count). The van der Waals surface area contributed by atoms with Crippen LogP contribution in [-0.4, -0.2) is 6.67 Å². The molecule has 0 aromatic rings. The lowest BCUT2D eigenvalue weighted by atomic mass is 9.69. The number of halogens is 1. The largest absolute Gasteiger partial charge is 0.251 e. The molecule has 0 unspecified atom stereocenters. The van der Waals surface area contributed by atoms with Crippen molar-refractivity contribution >= 4 is 0 Å². The van der Waals surface area contributed by atoms with E-state index in [0.717, 1.165) is 30.6 Å². The zero-order valence-corrected chi connectivity index (χ0v) is 10.1. The van der Waals surface area contributed by atoms with Crippen LogP contribution >= 0.6 is 0 Å². The maximum Gasteiger partial charge on any atom is 0.0922 e. The molecule has 88 valence electrons. The number of hydrogen-bond acceptors (Lipinski definition) is 0. The van der Waals surface area contributed by atoms with Crippen molar-refractivity contribution in [2.45, 2.75) is 58.3 Å². The van der Waals surface area contributed by atoms with Gasteiger partial charge in [-0.05, 0) is 62.2 Å². The summed E-state index contributed by atoms with van der Waals surface area (Å²) in [7, 11) is 0. The molecule has 0 N–H and O–H groups in total. The SMILES string of the molecule is CC1CCC(C2CCC(CF)CC2)CC1. The fourth-order valence-corrected chi connectivity index (χ4v) is 3.57. The molecule has 1 heteroatoms. The van der Waals surface area contributed by atoms with Crippen molar-refractivity contribution < 1.29 is 4.39 Å². The Hall–Kier alpha value is -0.0700. The molecule has 0 aromatic carbocycles. The summed E-state index contributed by atoms with van der Waals surface area (Å²) in [5.74, 6) is 3.30. The van der Waals surface area contributed by atoms with E-state index >= 15 is 0 Å². The van der Waals surface area contributed by atoms with Crippen molar-refractivity contribution in [3.63, 3.8) is 0 Å². The lowest BCUT2D eigenvalue weighted by Gasteiger charge is -2.36. The Kier molecular flexibility index (Phi) is 4.05. The van der Waals surface area contributed by atoms with Gasteiger partial charge in [0.15, 0.2) is 0 Å². The van der Waals surface area contributed by atoms with Crippen LogP contribution in [0.2, 0.25) is 0 Å². The lowest BCUT2D eigenvalue weighted by molar-refractivity contribution is 0.140. The van der Waals surface area contributed by atoms with Gasteiger partial charge in [-0.1, -0.05) is 19.8 Å². The molecule has 0 bridgehead atoms. The second-order valence-electron chi connectivity index (χ2n) is 5.96. The molecule has 15 heavy (non-hydrogen) atoms. The van der Waals surface area contributed by atoms with Crippen molar-refractivity contribution in [3.8, 4) is 0 Å². The van der Waals surface area contributed by atoms with Crippen LogP contribution in [0.4, 0.5) is 4.39 Å². The van der Waals surface area contributed by atoms with Crippen LogP contribution < -0.4 is 0 Å². The van der Waals surface area contributed by atoms with Gasteiger partial charge < -0.3 is 0 Å². The van der Waals surface area contributed by atoms with Gasteiger partial charge in [-0.15, -0.1) is 0 Å². The summed E-state index contributed by atoms with van der Waals surface area (Å²) in [6.07, 6.45) is 10.7. The van der Waals surface area contributed by atoms with Crippen LogP contribution in [0.25, 0.3) is 0 Å². The van der Waals surface area contributed by atoms with Gasteiger partial charge >= 0.3 is 0 Å². The van der Waals surface area contributed by atoms with Gasteiger partial charge in [0.2, 0.25) is 0 Å². The Bertz CT molecular complexity index is 174. The monoisotopic (exact) mass is 212 g/mol. The Labute approximate surface area is 93.6 Å². The fraction of sp³-hybridized carbons (Fsp3) is 1.00. The second-order valence-corrected chi connectivity index (χ2v) is 5.96. The number of alkyl halides is 1. The molecule has 2 saturated carbocycles. The van der Waals surface area contributed by atoms with Crippen LogP contribution in [0.5, 0.6) is 0 Å². The summed E-state index contributed by atoms with van der Waals surface area (Å²) in [5, 5.41) is 0. The van der Waals surface area contributed by atoms with E-state index in [4.69, 9.17) is 0 Å². The minimum absolute atomic E-state index is 0.0750. The van der Waals surface area contributed by atoms with Gasteiger partial charge in [0.25, 0.3) is 0 Å².